The fourth-order valence-electron chi connectivity index (χ4n) is 3.33. The van der Waals surface area contributed by atoms with E-state index in [1.165, 1.54) is 0 Å². The van der Waals surface area contributed by atoms with E-state index in [-0.39, 0.29) is 18.4 Å². The van der Waals surface area contributed by atoms with Crippen LogP contribution in [0.5, 0.6) is 0 Å². The standard InChI is InChI=1S/C21H21N3O3/c25-20-18(10-15-11-22-17-9-5-4-8-16(15)17)23-21(26)19(24-20)13-27-12-14-6-2-1-3-7-14/h1-9,11,18-19,22H,10,12-13H2,(H,23,26)(H,24,25)/t18-,19-/m0/s1. The van der Waals surface area contributed by atoms with Gasteiger partial charge in [-0.1, -0.05) is 48.5 Å². The summed E-state index contributed by atoms with van der Waals surface area (Å²) in [6, 6.07) is 16.4. The van der Waals surface area contributed by atoms with Gasteiger partial charge in [0.15, 0.2) is 0 Å². The van der Waals surface area contributed by atoms with Crippen LogP contribution in [0.25, 0.3) is 10.9 Å². The molecule has 2 atom stereocenters. The summed E-state index contributed by atoms with van der Waals surface area (Å²) in [5.74, 6) is -0.402. The fourth-order valence-corrected chi connectivity index (χ4v) is 3.33. The number of piperazine rings is 1. The Morgan fingerprint density at radius 3 is 2.41 bits per heavy atom. The number of nitrogens with one attached hydrogen (secondary N) is 3. The Balaban J connectivity index is 1.34. The maximum absolute atomic E-state index is 12.5. The van der Waals surface area contributed by atoms with Crippen LogP contribution in [0.3, 0.4) is 0 Å². The molecule has 2 heterocycles. The van der Waals surface area contributed by atoms with Crippen LogP contribution in [0.2, 0.25) is 0 Å². The SMILES string of the molecule is O=C1N[C@@H](Cc2c[nH]c3ccccc23)C(=O)N[C@H]1COCc1ccccc1. The quantitative estimate of drug-likeness (QED) is 0.626. The minimum Gasteiger partial charge on any atom is -0.374 e. The van der Waals surface area contributed by atoms with Crippen molar-refractivity contribution in [3.63, 3.8) is 0 Å². The molecule has 1 aromatic heterocycles. The first kappa shape index (κ1) is 17.3. The van der Waals surface area contributed by atoms with Crippen LogP contribution in [0.15, 0.2) is 60.8 Å². The second kappa shape index (κ2) is 7.63. The number of ether oxygens (including phenoxy) is 1. The molecular formula is C21H21N3O3. The van der Waals surface area contributed by atoms with Crippen molar-refractivity contribution in [3.05, 3.63) is 71.9 Å². The van der Waals surface area contributed by atoms with Gasteiger partial charge in [-0.25, -0.2) is 0 Å². The summed E-state index contributed by atoms with van der Waals surface area (Å²) in [6.45, 7) is 0.547. The number of rotatable bonds is 6. The molecule has 2 amide bonds. The molecule has 138 valence electrons. The first-order chi connectivity index (χ1) is 13.2. The number of carbonyl (C=O) groups excluding carboxylic acids is 2. The highest BCUT2D eigenvalue weighted by Gasteiger charge is 2.34. The fraction of sp³-hybridized carbons (Fsp3) is 0.238. The Bertz CT molecular complexity index is 951. The number of hydrogen-bond acceptors (Lipinski definition) is 3. The molecule has 1 aliphatic rings. The number of amides is 2. The molecule has 1 fully saturated rings. The predicted molar refractivity (Wildman–Crippen MR) is 102 cm³/mol. The van der Waals surface area contributed by atoms with E-state index < -0.39 is 12.1 Å². The smallest absolute Gasteiger partial charge is 0.245 e. The third kappa shape index (κ3) is 3.85. The summed E-state index contributed by atoms with van der Waals surface area (Å²) in [5.41, 5.74) is 3.05. The van der Waals surface area contributed by atoms with E-state index in [4.69, 9.17) is 4.74 Å². The first-order valence-electron chi connectivity index (χ1n) is 8.98. The van der Waals surface area contributed by atoms with Crippen molar-refractivity contribution in [3.8, 4) is 0 Å². The number of benzene rings is 2. The van der Waals surface area contributed by atoms with Gasteiger partial charge in [0.1, 0.15) is 12.1 Å². The average Bonchev–Trinajstić information content (AvgIpc) is 3.09. The van der Waals surface area contributed by atoms with Crippen molar-refractivity contribution in [1.82, 2.24) is 15.6 Å². The zero-order valence-corrected chi connectivity index (χ0v) is 14.8. The molecule has 1 aliphatic heterocycles. The number of aromatic nitrogens is 1. The van der Waals surface area contributed by atoms with E-state index in [1.807, 2.05) is 60.8 Å². The molecule has 0 bridgehead atoms. The van der Waals surface area contributed by atoms with Crippen LogP contribution in [0.1, 0.15) is 11.1 Å². The van der Waals surface area contributed by atoms with Gasteiger partial charge in [0, 0.05) is 23.5 Å². The highest BCUT2D eigenvalue weighted by atomic mass is 16.5. The van der Waals surface area contributed by atoms with Crippen molar-refractivity contribution >= 4 is 22.7 Å². The molecule has 0 unspecified atom stereocenters. The Labute approximate surface area is 156 Å². The van der Waals surface area contributed by atoms with E-state index in [1.54, 1.807) is 0 Å². The van der Waals surface area contributed by atoms with Crippen molar-refractivity contribution in [2.75, 3.05) is 6.61 Å². The van der Waals surface area contributed by atoms with Gasteiger partial charge < -0.3 is 20.4 Å². The van der Waals surface area contributed by atoms with E-state index in [0.29, 0.717) is 13.0 Å². The van der Waals surface area contributed by atoms with Crippen molar-refractivity contribution in [1.29, 1.82) is 0 Å². The minimum absolute atomic E-state index is 0.145. The second-order valence-electron chi connectivity index (χ2n) is 6.69. The lowest BCUT2D eigenvalue weighted by molar-refractivity contribution is -0.138. The third-order valence-electron chi connectivity index (χ3n) is 4.76. The van der Waals surface area contributed by atoms with E-state index in [2.05, 4.69) is 15.6 Å². The van der Waals surface area contributed by atoms with Gasteiger partial charge in [0.2, 0.25) is 11.8 Å². The normalized spacial score (nSPS) is 19.7. The molecular weight excluding hydrogens is 342 g/mol. The van der Waals surface area contributed by atoms with Gasteiger partial charge in [0.05, 0.1) is 13.2 Å². The number of fused-ring (bicyclic) bond motifs is 1. The van der Waals surface area contributed by atoms with Crippen LogP contribution in [-0.2, 0) is 27.4 Å². The summed E-state index contributed by atoms with van der Waals surface area (Å²) in [4.78, 5) is 28.0. The van der Waals surface area contributed by atoms with Gasteiger partial charge >= 0.3 is 0 Å². The summed E-state index contributed by atoms with van der Waals surface area (Å²) < 4.78 is 5.60. The predicted octanol–water partition coefficient (Wildman–Crippen LogP) is 1.91. The Hall–Kier alpha value is -3.12. The topological polar surface area (TPSA) is 83.2 Å². The van der Waals surface area contributed by atoms with Crippen LogP contribution >= 0.6 is 0 Å². The molecule has 6 heteroatoms. The van der Waals surface area contributed by atoms with Gasteiger partial charge in [-0.2, -0.15) is 0 Å². The zero-order chi connectivity index (χ0) is 18.6. The van der Waals surface area contributed by atoms with Gasteiger partial charge in [-0.15, -0.1) is 0 Å². The van der Waals surface area contributed by atoms with Crippen LogP contribution in [0, 0.1) is 0 Å². The summed E-state index contributed by atoms with van der Waals surface area (Å²) in [7, 11) is 0. The van der Waals surface area contributed by atoms with Crippen molar-refractivity contribution in [2.24, 2.45) is 0 Å². The molecule has 6 nitrogen and oxygen atoms in total. The molecule has 0 radical (unpaired) electrons. The number of aromatic amines is 1. The van der Waals surface area contributed by atoms with Crippen molar-refractivity contribution < 1.29 is 14.3 Å². The third-order valence-corrected chi connectivity index (χ3v) is 4.76. The summed E-state index contributed by atoms with van der Waals surface area (Å²) in [6.07, 6.45) is 2.33. The maximum Gasteiger partial charge on any atom is 0.245 e. The summed E-state index contributed by atoms with van der Waals surface area (Å²) in [5, 5.41) is 6.66. The average molecular weight is 363 g/mol. The van der Waals surface area contributed by atoms with E-state index >= 15 is 0 Å². The number of hydrogen-bond donors (Lipinski definition) is 3. The molecule has 27 heavy (non-hydrogen) atoms. The number of carbonyl (C=O) groups is 2. The second-order valence-corrected chi connectivity index (χ2v) is 6.69. The van der Waals surface area contributed by atoms with Gasteiger partial charge in [-0.05, 0) is 17.2 Å². The van der Waals surface area contributed by atoms with Crippen LogP contribution < -0.4 is 10.6 Å². The van der Waals surface area contributed by atoms with Crippen LogP contribution in [0.4, 0.5) is 0 Å². The Morgan fingerprint density at radius 1 is 0.852 bits per heavy atom. The van der Waals surface area contributed by atoms with Crippen molar-refractivity contribution in [2.45, 2.75) is 25.1 Å². The molecule has 1 saturated heterocycles. The maximum atomic E-state index is 12.5. The Morgan fingerprint density at radius 2 is 1.56 bits per heavy atom. The lowest BCUT2D eigenvalue weighted by atomic mass is 10.0. The van der Waals surface area contributed by atoms with E-state index in [9.17, 15) is 9.59 Å². The van der Waals surface area contributed by atoms with E-state index in [0.717, 1.165) is 22.0 Å². The monoisotopic (exact) mass is 363 g/mol. The van der Waals surface area contributed by atoms with Gasteiger partial charge in [-0.3, -0.25) is 9.59 Å². The highest BCUT2D eigenvalue weighted by Crippen LogP contribution is 2.19. The first-order valence-corrected chi connectivity index (χ1v) is 8.98. The molecule has 3 N–H and O–H groups in total. The highest BCUT2D eigenvalue weighted by molar-refractivity contribution is 5.97. The number of para-hydroxylation sites is 1. The van der Waals surface area contributed by atoms with Crippen LogP contribution in [-0.4, -0.2) is 35.5 Å². The molecule has 0 spiro atoms. The molecule has 0 aliphatic carbocycles. The number of H-pyrrole nitrogens is 1. The minimum atomic E-state index is -0.666. The largest absolute Gasteiger partial charge is 0.374 e. The summed E-state index contributed by atoms with van der Waals surface area (Å²) >= 11 is 0. The lowest BCUT2D eigenvalue weighted by Gasteiger charge is -2.29. The molecule has 4 rings (SSSR count). The zero-order valence-electron chi connectivity index (χ0n) is 14.8. The molecule has 2 aromatic carbocycles. The lowest BCUT2D eigenvalue weighted by Crippen LogP contribution is -2.63. The molecule has 3 aromatic rings. The Kier molecular flexibility index (Phi) is 4.89. The van der Waals surface area contributed by atoms with Gasteiger partial charge in [0.25, 0.3) is 0 Å². The molecule has 0 saturated carbocycles.